The van der Waals surface area contributed by atoms with Crippen molar-refractivity contribution < 1.29 is 4.79 Å². The summed E-state index contributed by atoms with van der Waals surface area (Å²) in [5, 5.41) is 0.854. The van der Waals surface area contributed by atoms with Crippen LogP contribution < -0.4 is 0 Å². The van der Waals surface area contributed by atoms with E-state index in [9.17, 15) is 4.79 Å². The monoisotopic (exact) mass is 158 g/mol. The van der Waals surface area contributed by atoms with E-state index in [1.54, 1.807) is 11.9 Å². The molecule has 0 bridgehead atoms. The molecule has 0 aliphatic carbocycles. The number of hydrogen-bond donors (Lipinski definition) is 0. The highest BCUT2D eigenvalue weighted by Gasteiger charge is 2.23. The lowest BCUT2D eigenvalue weighted by Crippen LogP contribution is -2.24. The quantitative estimate of drug-likeness (QED) is 0.559. The van der Waals surface area contributed by atoms with Crippen LogP contribution in [0.1, 0.15) is 6.92 Å². The number of carbonyl (C=O) groups excluding carboxylic acids is 1. The van der Waals surface area contributed by atoms with Gasteiger partial charge in [-0.05, 0) is 6.92 Å². The van der Waals surface area contributed by atoms with Crippen LogP contribution in [0.3, 0.4) is 0 Å². The number of amidine groups is 1. The minimum Gasteiger partial charge on any atom is -0.294 e. The Morgan fingerprint density at radius 2 is 2.50 bits per heavy atom. The van der Waals surface area contributed by atoms with Crippen LogP contribution in [-0.4, -0.2) is 35.3 Å². The van der Waals surface area contributed by atoms with Crippen LogP contribution in [0.5, 0.6) is 0 Å². The molecule has 3 nitrogen and oxygen atoms in total. The fraction of sp³-hybridized carbons (Fsp3) is 0.667. The zero-order valence-corrected chi connectivity index (χ0v) is 6.94. The van der Waals surface area contributed by atoms with E-state index in [0.29, 0.717) is 5.75 Å². The molecule has 0 radical (unpaired) electrons. The molecule has 0 N–H and O–H groups in total. The third kappa shape index (κ3) is 1.31. The van der Waals surface area contributed by atoms with Gasteiger partial charge in [-0.2, -0.15) is 0 Å². The molecule has 1 aliphatic heterocycles. The zero-order chi connectivity index (χ0) is 7.56. The van der Waals surface area contributed by atoms with E-state index in [2.05, 4.69) is 4.99 Å². The molecule has 1 heterocycles. The van der Waals surface area contributed by atoms with Crippen LogP contribution in [0.4, 0.5) is 0 Å². The number of amides is 1. The lowest BCUT2D eigenvalue weighted by atomic mass is 10.6. The first-order valence-corrected chi connectivity index (χ1v) is 4.18. The summed E-state index contributed by atoms with van der Waals surface area (Å²) < 4.78 is 0. The van der Waals surface area contributed by atoms with Gasteiger partial charge in [0.2, 0.25) is 5.91 Å². The summed E-state index contributed by atoms with van der Waals surface area (Å²) in [4.78, 5) is 16.6. The number of thioether (sulfide) groups is 1. The number of nitrogens with zero attached hydrogens (tertiary/aromatic N) is 2. The molecule has 0 aromatic rings. The maximum absolute atomic E-state index is 10.9. The van der Waals surface area contributed by atoms with Gasteiger partial charge in [0.1, 0.15) is 0 Å². The van der Waals surface area contributed by atoms with Crippen molar-refractivity contribution in [3.05, 3.63) is 0 Å². The normalized spacial score (nSPS) is 22.8. The van der Waals surface area contributed by atoms with Crippen molar-refractivity contribution >= 4 is 22.8 Å². The molecule has 4 heteroatoms. The number of rotatable bonds is 1. The summed E-state index contributed by atoms with van der Waals surface area (Å²) in [5.74, 6) is 0.701. The summed E-state index contributed by atoms with van der Waals surface area (Å²) >= 11 is 1.51. The molecular formula is C6H10N2OS. The molecule has 0 atom stereocenters. The van der Waals surface area contributed by atoms with Crippen molar-refractivity contribution in [1.29, 1.82) is 0 Å². The van der Waals surface area contributed by atoms with Gasteiger partial charge in [-0.1, -0.05) is 11.8 Å². The standard InChI is InChI=1S/C6H10N2OS/c1-3-7-6-8(2)5(9)4-10-6/h3-4H2,1-2H3/b7-6+. The van der Waals surface area contributed by atoms with Gasteiger partial charge < -0.3 is 0 Å². The number of carbonyl (C=O) groups is 1. The predicted molar refractivity (Wildman–Crippen MR) is 43.2 cm³/mol. The first-order valence-electron chi connectivity index (χ1n) is 3.19. The van der Waals surface area contributed by atoms with E-state index in [-0.39, 0.29) is 5.91 Å². The average molecular weight is 158 g/mol. The Morgan fingerprint density at radius 1 is 1.80 bits per heavy atom. The van der Waals surface area contributed by atoms with E-state index in [0.717, 1.165) is 11.7 Å². The Labute approximate surface area is 64.5 Å². The molecule has 0 saturated carbocycles. The molecule has 1 saturated heterocycles. The van der Waals surface area contributed by atoms with Crippen molar-refractivity contribution in [2.24, 2.45) is 4.99 Å². The summed E-state index contributed by atoms with van der Waals surface area (Å²) in [7, 11) is 1.76. The Hall–Kier alpha value is -0.510. The zero-order valence-electron chi connectivity index (χ0n) is 6.13. The Balaban J connectivity index is 2.65. The average Bonchev–Trinajstić information content (AvgIpc) is 2.20. The van der Waals surface area contributed by atoms with Crippen LogP contribution in [0.15, 0.2) is 4.99 Å². The second kappa shape index (κ2) is 3.05. The van der Waals surface area contributed by atoms with Gasteiger partial charge in [0.15, 0.2) is 5.17 Å². The molecule has 1 fully saturated rings. The molecule has 0 aromatic carbocycles. The molecule has 1 amide bonds. The topological polar surface area (TPSA) is 32.7 Å². The minimum absolute atomic E-state index is 0.150. The Morgan fingerprint density at radius 3 is 2.90 bits per heavy atom. The fourth-order valence-electron chi connectivity index (χ4n) is 0.714. The van der Waals surface area contributed by atoms with Gasteiger partial charge in [-0.25, -0.2) is 0 Å². The van der Waals surface area contributed by atoms with Crippen LogP contribution in [0.25, 0.3) is 0 Å². The molecule has 1 rings (SSSR count). The van der Waals surface area contributed by atoms with Gasteiger partial charge in [0, 0.05) is 13.6 Å². The van der Waals surface area contributed by atoms with Crippen LogP contribution in [0.2, 0.25) is 0 Å². The smallest absolute Gasteiger partial charge is 0.238 e. The fourth-order valence-corrected chi connectivity index (χ4v) is 1.68. The maximum Gasteiger partial charge on any atom is 0.238 e. The van der Waals surface area contributed by atoms with E-state index < -0.39 is 0 Å². The largest absolute Gasteiger partial charge is 0.294 e. The summed E-state index contributed by atoms with van der Waals surface area (Å²) in [5.41, 5.74) is 0. The van der Waals surface area contributed by atoms with Gasteiger partial charge >= 0.3 is 0 Å². The molecule has 0 aromatic heterocycles. The Kier molecular flexibility index (Phi) is 2.32. The van der Waals surface area contributed by atoms with Crippen molar-refractivity contribution in [1.82, 2.24) is 4.90 Å². The Bertz CT molecular complexity index is 179. The van der Waals surface area contributed by atoms with E-state index >= 15 is 0 Å². The first-order chi connectivity index (χ1) is 4.75. The van der Waals surface area contributed by atoms with E-state index in [4.69, 9.17) is 0 Å². The number of aliphatic imine (C=N–C) groups is 1. The first kappa shape index (κ1) is 7.60. The number of hydrogen-bond acceptors (Lipinski definition) is 3. The highest BCUT2D eigenvalue weighted by atomic mass is 32.2. The van der Waals surface area contributed by atoms with E-state index in [1.807, 2.05) is 6.92 Å². The van der Waals surface area contributed by atoms with Crippen LogP contribution in [-0.2, 0) is 4.79 Å². The van der Waals surface area contributed by atoms with Crippen molar-refractivity contribution in [3.8, 4) is 0 Å². The minimum atomic E-state index is 0.150. The van der Waals surface area contributed by atoms with Crippen molar-refractivity contribution in [2.45, 2.75) is 6.92 Å². The highest BCUT2D eigenvalue weighted by molar-refractivity contribution is 8.15. The summed E-state index contributed by atoms with van der Waals surface area (Å²) in [6, 6.07) is 0. The molecular weight excluding hydrogens is 148 g/mol. The van der Waals surface area contributed by atoms with Gasteiger partial charge in [-0.3, -0.25) is 14.7 Å². The van der Waals surface area contributed by atoms with Gasteiger partial charge in [0.05, 0.1) is 5.75 Å². The molecule has 10 heavy (non-hydrogen) atoms. The predicted octanol–water partition coefficient (Wildman–Crippen LogP) is 0.568. The lowest BCUT2D eigenvalue weighted by Gasteiger charge is -2.06. The molecule has 56 valence electrons. The SMILES string of the molecule is CC/N=C1/SCC(=O)N1C. The second-order valence-corrected chi connectivity index (χ2v) is 2.94. The van der Waals surface area contributed by atoms with Crippen LogP contribution >= 0.6 is 11.8 Å². The maximum atomic E-state index is 10.9. The second-order valence-electron chi connectivity index (χ2n) is 2.00. The highest BCUT2D eigenvalue weighted by Crippen LogP contribution is 2.16. The van der Waals surface area contributed by atoms with Gasteiger partial charge in [0.25, 0.3) is 0 Å². The van der Waals surface area contributed by atoms with Crippen molar-refractivity contribution in [2.75, 3.05) is 19.3 Å². The summed E-state index contributed by atoms with van der Waals surface area (Å²) in [6.45, 7) is 2.71. The summed E-state index contributed by atoms with van der Waals surface area (Å²) in [6.07, 6.45) is 0. The van der Waals surface area contributed by atoms with E-state index in [1.165, 1.54) is 11.8 Å². The lowest BCUT2D eigenvalue weighted by molar-refractivity contribution is -0.123. The van der Waals surface area contributed by atoms with Crippen molar-refractivity contribution in [3.63, 3.8) is 0 Å². The van der Waals surface area contributed by atoms with Crippen LogP contribution in [0, 0.1) is 0 Å². The van der Waals surface area contributed by atoms with Gasteiger partial charge in [-0.15, -0.1) is 0 Å². The third-order valence-electron chi connectivity index (χ3n) is 1.28. The third-order valence-corrected chi connectivity index (χ3v) is 2.33. The molecule has 1 aliphatic rings. The molecule has 0 unspecified atom stereocenters. The molecule has 0 spiro atoms.